The van der Waals surface area contributed by atoms with Crippen LogP contribution < -0.4 is 20.1 Å². The monoisotopic (exact) mass is 388 g/mol. The predicted molar refractivity (Wildman–Crippen MR) is 108 cm³/mol. The molecule has 28 heavy (non-hydrogen) atoms. The van der Waals surface area contributed by atoms with Crippen LogP contribution in [0.5, 0.6) is 11.5 Å². The number of ether oxygens (including phenoxy) is 2. The van der Waals surface area contributed by atoms with E-state index in [4.69, 9.17) is 9.47 Å². The Morgan fingerprint density at radius 3 is 2.25 bits per heavy atom. The highest BCUT2D eigenvalue weighted by Crippen LogP contribution is 2.47. The van der Waals surface area contributed by atoms with Crippen molar-refractivity contribution in [1.29, 1.82) is 0 Å². The molecule has 2 N–H and O–H groups in total. The summed E-state index contributed by atoms with van der Waals surface area (Å²) in [6, 6.07) is 4.41. The van der Waals surface area contributed by atoms with Crippen molar-refractivity contribution in [1.82, 2.24) is 10.6 Å². The molecule has 0 saturated heterocycles. The number of carbonyl (C=O) groups excluding carboxylic acids is 2. The first-order valence-electron chi connectivity index (χ1n) is 10.2. The molecule has 0 aliphatic heterocycles. The Morgan fingerprint density at radius 1 is 1.07 bits per heavy atom. The summed E-state index contributed by atoms with van der Waals surface area (Å²) in [6.45, 7) is 4.59. The van der Waals surface area contributed by atoms with Crippen molar-refractivity contribution >= 4 is 11.8 Å². The molecule has 6 nitrogen and oxygen atoms in total. The molecule has 0 radical (unpaired) electrons. The maximum atomic E-state index is 12.8. The van der Waals surface area contributed by atoms with Crippen LogP contribution in [0.2, 0.25) is 0 Å². The second-order valence-corrected chi connectivity index (χ2v) is 8.48. The van der Waals surface area contributed by atoms with Gasteiger partial charge in [0.1, 0.15) is 17.5 Å². The molecule has 1 aromatic carbocycles. The molecule has 2 saturated carbocycles. The summed E-state index contributed by atoms with van der Waals surface area (Å²) in [6.07, 6.45) is 5.20. The Kier molecular flexibility index (Phi) is 6.47. The second kappa shape index (κ2) is 8.84. The van der Waals surface area contributed by atoms with Gasteiger partial charge in [-0.1, -0.05) is 20.3 Å². The average Bonchev–Trinajstić information content (AvgIpc) is 3.32. The highest BCUT2D eigenvalue weighted by Gasteiger charge is 2.39. The van der Waals surface area contributed by atoms with Gasteiger partial charge >= 0.3 is 0 Å². The van der Waals surface area contributed by atoms with Gasteiger partial charge in [-0.25, -0.2) is 0 Å². The van der Waals surface area contributed by atoms with Crippen LogP contribution in [-0.2, 0) is 4.79 Å². The molecular formula is C22H32N2O4. The number of nitrogens with one attached hydrogen (secondary N) is 2. The Hall–Kier alpha value is -2.24. The fourth-order valence-electron chi connectivity index (χ4n) is 4.67. The molecule has 0 heterocycles. The van der Waals surface area contributed by atoms with E-state index >= 15 is 0 Å². The van der Waals surface area contributed by atoms with Crippen LogP contribution in [0.1, 0.15) is 49.9 Å². The highest BCUT2D eigenvalue weighted by atomic mass is 16.5. The van der Waals surface area contributed by atoms with E-state index < -0.39 is 6.04 Å². The van der Waals surface area contributed by atoms with E-state index in [1.54, 1.807) is 18.2 Å². The molecule has 2 aliphatic carbocycles. The number of hydrogen-bond donors (Lipinski definition) is 2. The fourth-order valence-corrected chi connectivity index (χ4v) is 4.67. The smallest absolute Gasteiger partial charge is 0.252 e. The molecule has 4 atom stereocenters. The lowest BCUT2D eigenvalue weighted by molar-refractivity contribution is -0.124. The van der Waals surface area contributed by atoms with Gasteiger partial charge in [-0.3, -0.25) is 9.59 Å². The Bertz CT molecular complexity index is 696. The number of benzene rings is 1. The maximum absolute atomic E-state index is 12.8. The van der Waals surface area contributed by atoms with Gasteiger partial charge in [-0.15, -0.1) is 0 Å². The third kappa shape index (κ3) is 4.59. The van der Waals surface area contributed by atoms with Crippen LogP contribution in [0, 0.1) is 23.7 Å². The quantitative estimate of drug-likeness (QED) is 0.718. The SMILES string of the molecule is COc1cc(OC)cc(C(=O)NC(C(=O)NCC2CC3CCC2C3)C(C)C)c1. The summed E-state index contributed by atoms with van der Waals surface area (Å²) in [5, 5.41) is 5.97. The first-order valence-corrected chi connectivity index (χ1v) is 10.2. The van der Waals surface area contributed by atoms with Gasteiger partial charge in [-0.2, -0.15) is 0 Å². The zero-order chi connectivity index (χ0) is 20.3. The molecule has 6 heteroatoms. The Labute approximate surface area is 167 Å². The van der Waals surface area contributed by atoms with Crippen LogP contribution in [0.25, 0.3) is 0 Å². The summed E-state index contributed by atoms with van der Waals surface area (Å²) in [4.78, 5) is 25.5. The fraction of sp³-hybridized carbons (Fsp3) is 0.636. The van der Waals surface area contributed by atoms with Gasteiger partial charge in [0.2, 0.25) is 5.91 Å². The van der Waals surface area contributed by atoms with E-state index in [1.807, 2.05) is 13.8 Å². The topological polar surface area (TPSA) is 76.7 Å². The van der Waals surface area contributed by atoms with Crippen molar-refractivity contribution in [3.8, 4) is 11.5 Å². The molecule has 1 aromatic rings. The first kappa shape index (κ1) is 20.5. The third-order valence-electron chi connectivity index (χ3n) is 6.27. The van der Waals surface area contributed by atoms with Gasteiger partial charge < -0.3 is 20.1 Å². The summed E-state index contributed by atoms with van der Waals surface area (Å²) >= 11 is 0. The average molecular weight is 389 g/mol. The van der Waals surface area contributed by atoms with E-state index in [2.05, 4.69) is 10.6 Å². The summed E-state index contributed by atoms with van der Waals surface area (Å²) in [5.74, 6) is 2.84. The highest BCUT2D eigenvalue weighted by molar-refractivity contribution is 5.98. The lowest BCUT2D eigenvalue weighted by Gasteiger charge is -2.25. The molecule has 0 aromatic heterocycles. The second-order valence-electron chi connectivity index (χ2n) is 8.48. The molecule has 0 spiro atoms. The minimum absolute atomic E-state index is 0.0171. The number of amides is 2. The van der Waals surface area contributed by atoms with Crippen molar-refractivity contribution in [3.63, 3.8) is 0 Å². The number of carbonyl (C=O) groups is 2. The largest absolute Gasteiger partial charge is 0.497 e. The minimum Gasteiger partial charge on any atom is -0.497 e. The van der Waals surface area contributed by atoms with Crippen molar-refractivity contribution in [2.75, 3.05) is 20.8 Å². The third-order valence-corrected chi connectivity index (χ3v) is 6.27. The van der Waals surface area contributed by atoms with Gasteiger partial charge in [0.05, 0.1) is 14.2 Å². The molecule has 3 rings (SSSR count). The summed E-state index contributed by atoms with van der Waals surface area (Å²) in [7, 11) is 3.08. The van der Waals surface area contributed by atoms with Gasteiger partial charge in [0.15, 0.2) is 0 Å². The zero-order valence-corrected chi connectivity index (χ0v) is 17.3. The Balaban J connectivity index is 1.62. The normalized spacial score (nSPS) is 24.1. The van der Waals surface area contributed by atoms with Gasteiger partial charge in [0.25, 0.3) is 5.91 Å². The van der Waals surface area contributed by atoms with Gasteiger partial charge in [-0.05, 0) is 55.1 Å². The van der Waals surface area contributed by atoms with Crippen molar-refractivity contribution in [2.45, 2.75) is 45.6 Å². The number of fused-ring (bicyclic) bond motifs is 2. The molecule has 2 bridgehead atoms. The maximum Gasteiger partial charge on any atom is 0.252 e. The summed E-state index contributed by atoms with van der Waals surface area (Å²) in [5.41, 5.74) is 0.405. The summed E-state index contributed by atoms with van der Waals surface area (Å²) < 4.78 is 10.5. The molecule has 2 aliphatic rings. The van der Waals surface area contributed by atoms with Crippen LogP contribution in [0.3, 0.4) is 0 Å². The lowest BCUT2D eigenvalue weighted by atomic mass is 9.88. The van der Waals surface area contributed by atoms with Crippen molar-refractivity contribution in [2.24, 2.45) is 23.7 Å². The van der Waals surface area contributed by atoms with E-state index in [0.29, 0.717) is 29.5 Å². The molecule has 4 unspecified atom stereocenters. The number of rotatable bonds is 8. The molecule has 154 valence electrons. The molecule has 2 amide bonds. The van der Waals surface area contributed by atoms with E-state index in [0.717, 1.165) is 11.8 Å². The van der Waals surface area contributed by atoms with E-state index in [9.17, 15) is 9.59 Å². The van der Waals surface area contributed by atoms with E-state index in [1.165, 1.54) is 39.9 Å². The van der Waals surface area contributed by atoms with Crippen LogP contribution in [0.15, 0.2) is 18.2 Å². The zero-order valence-electron chi connectivity index (χ0n) is 17.3. The van der Waals surface area contributed by atoms with E-state index in [-0.39, 0.29) is 17.7 Å². The predicted octanol–water partition coefficient (Wildman–Crippen LogP) is 3.01. The van der Waals surface area contributed by atoms with Crippen molar-refractivity contribution < 1.29 is 19.1 Å². The number of hydrogen-bond acceptors (Lipinski definition) is 4. The standard InChI is InChI=1S/C22H32N2O4/c1-13(2)20(22(26)23-12-17-8-14-5-6-15(17)7-14)24-21(25)16-9-18(27-3)11-19(10-16)28-4/h9-11,13-15,17,20H,5-8,12H2,1-4H3,(H,23,26)(H,24,25). The lowest BCUT2D eigenvalue weighted by Crippen LogP contribution is -2.50. The minimum atomic E-state index is -0.580. The van der Waals surface area contributed by atoms with Gasteiger partial charge in [0, 0.05) is 18.2 Å². The molecule has 2 fully saturated rings. The Morgan fingerprint density at radius 2 is 1.75 bits per heavy atom. The molecular weight excluding hydrogens is 356 g/mol. The number of methoxy groups -OCH3 is 2. The van der Waals surface area contributed by atoms with Crippen LogP contribution in [-0.4, -0.2) is 38.6 Å². The first-order chi connectivity index (χ1) is 13.4. The van der Waals surface area contributed by atoms with Crippen molar-refractivity contribution in [3.05, 3.63) is 23.8 Å². The van der Waals surface area contributed by atoms with Crippen LogP contribution >= 0.6 is 0 Å². The van der Waals surface area contributed by atoms with Crippen LogP contribution in [0.4, 0.5) is 0 Å².